The van der Waals surface area contributed by atoms with Gasteiger partial charge in [-0.2, -0.15) is 0 Å². The Balaban J connectivity index is 2.65. The molecular formula is C11H13N3. The average molecular weight is 187 g/mol. The average Bonchev–Trinajstić information content (AvgIpc) is 2.27. The topological polar surface area (TPSA) is 37.8 Å². The zero-order chi connectivity index (χ0) is 9.97. The Hall–Kier alpha value is -1.48. The highest BCUT2D eigenvalue weighted by Crippen LogP contribution is 2.19. The summed E-state index contributed by atoms with van der Waals surface area (Å²) in [6, 6.07) is 6.38. The van der Waals surface area contributed by atoms with Crippen LogP contribution in [-0.4, -0.2) is 17.0 Å². The highest BCUT2D eigenvalue weighted by atomic mass is 14.9. The second kappa shape index (κ2) is 3.72. The Labute approximate surface area is 83.2 Å². The second-order valence-electron chi connectivity index (χ2n) is 3.28. The lowest BCUT2D eigenvalue weighted by atomic mass is 10.1. The van der Waals surface area contributed by atoms with Gasteiger partial charge in [0.15, 0.2) is 0 Å². The summed E-state index contributed by atoms with van der Waals surface area (Å²) >= 11 is 0. The lowest BCUT2D eigenvalue weighted by molar-refractivity contribution is 0.656. The van der Waals surface area contributed by atoms with Crippen molar-refractivity contribution < 1.29 is 0 Å². The van der Waals surface area contributed by atoms with E-state index < -0.39 is 0 Å². The predicted octanol–water partition coefficient (Wildman–Crippen LogP) is 1.91. The van der Waals surface area contributed by atoms with Gasteiger partial charge in [-0.15, -0.1) is 0 Å². The van der Waals surface area contributed by atoms with Gasteiger partial charge in [-0.3, -0.25) is 9.97 Å². The molecule has 0 saturated heterocycles. The first-order valence-electron chi connectivity index (χ1n) is 4.70. The van der Waals surface area contributed by atoms with Crippen molar-refractivity contribution in [3.63, 3.8) is 0 Å². The van der Waals surface area contributed by atoms with Gasteiger partial charge < -0.3 is 5.32 Å². The van der Waals surface area contributed by atoms with Crippen LogP contribution >= 0.6 is 0 Å². The minimum Gasteiger partial charge on any atom is -0.313 e. The van der Waals surface area contributed by atoms with Crippen LogP contribution in [0.2, 0.25) is 0 Å². The predicted molar refractivity (Wildman–Crippen MR) is 57.0 cm³/mol. The van der Waals surface area contributed by atoms with Gasteiger partial charge in [-0.05, 0) is 25.6 Å². The number of nitrogens with zero attached hydrogens (tertiary/aromatic N) is 2. The van der Waals surface area contributed by atoms with Crippen LogP contribution in [0.1, 0.15) is 18.5 Å². The van der Waals surface area contributed by atoms with E-state index in [9.17, 15) is 0 Å². The second-order valence-corrected chi connectivity index (χ2v) is 3.28. The van der Waals surface area contributed by atoms with E-state index in [1.165, 1.54) is 5.56 Å². The minimum atomic E-state index is 0.301. The minimum absolute atomic E-state index is 0.301. The number of nitrogens with one attached hydrogen (secondary N) is 1. The smallest absolute Gasteiger partial charge is 0.0934 e. The SMILES string of the molecule is CN[C@H](C)c1cccc2nccnc12. The summed E-state index contributed by atoms with van der Waals surface area (Å²) in [6.07, 6.45) is 3.45. The van der Waals surface area contributed by atoms with Crippen molar-refractivity contribution in [2.24, 2.45) is 0 Å². The molecule has 0 aliphatic heterocycles. The van der Waals surface area contributed by atoms with Gasteiger partial charge in [-0.25, -0.2) is 0 Å². The van der Waals surface area contributed by atoms with Crippen LogP contribution in [0.3, 0.4) is 0 Å². The van der Waals surface area contributed by atoms with Gasteiger partial charge in [0.1, 0.15) is 0 Å². The molecule has 2 rings (SSSR count). The fourth-order valence-corrected chi connectivity index (χ4v) is 1.52. The Morgan fingerprint density at radius 2 is 2.00 bits per heavy atom. The third-order valence-electron chi connectivity index (χ3n) is 2.43. The zero-order valence-corrected chi connectivity index (χ0v) is 8.36. The normalized spacial score (nSPS) is 13.0. The van der Waals surface area contributed by atoms with Crippen LogP contribution in [0, 0.1) is 0 Å². The van der Waals surface area contributed by atoms with E-state index in [1.54, 1.807) is 12.4 Å². The lowest BCUT2D eigenvalue weighted by Crippen LogP contribution is -2.13. The highest BCUT2D eigenvalue weighted by molar-refractivity contribution is 5.77. The van der Waals surface area contributed by atoms with Gasteiger partial charge in [0.2, 0.25) is 0 Å². The van der Waals surface area contributed by atoms with Crippen LogP contribution in [0.4, 0.5) is 0 Å². The van der Waals surface area contributed by atoms with Crippen molar-refractivity contribution in [3.8, 4) is 0 Å². The van der Waals surface area contributed by atoms with E-state index in [-0.39, 0.29) is 0 Å². The third kappa shape index (κ3) is 1.46. The molecule has 0 saturated carbocycles. The molecular weight excluding hydrogens is 174 g/mol. The highest BCUT2D eigenvalue weighted by Gasteiger charge is 2.07. The fraction of sp³-hybridized carbons (Fsp3) is 0.273. The number of benzene rings is 1. The van der Waals surface area contributed by atoms with E-state index in [2.05, 4.69) is 28.3 Å². The first kappa shape index (κ1) is 9.09. The first-order chi connectivity index (χ1) is 6.83. The molecule has 0 bridgehead atoms. The maximum Gasteiger partial charge on any atom is 0.0934 e. The van der Waals surface area contributed by atoms with E-state index in [0.717, 1.165) is 11.0 Å². The quantitative estimate of drug-likeness (QED) is 0.780. The standard InChI is InChI=1S/C11H13N3/c1-8(12-2)9-4-3-5-10-11(9)14-7-6-13-10/h3-8,12H,1-2H3/t8-/m1/s1. The van der Waals surface area contributed by atoms with Crippen LogP contribution in [-0.2, 0) is 0 Å². The van der Waals surface area contributed by atoms with E-state index in [0.29, 0.717) is 6.04 Å². The summed E-state index contributed by atoms with van der Waals surface area (Å²) in [6.45, 7) is 2.11. The monoisotopic (exact) mass is 187 g/mol. The Kier molecular flexibility index (Phi) is 2.41. The van der Waals surface area contributed by atoms with Crippen molar-refractivity contribution in [3.05, 3.63) is 36.2 Å². The number of fused-ring (bicyclic) bond motifs is 1. The Morgan fingerprint density at radius 3 is 2.79 bits per heavy atom. The molecule has 3 heteroatoms. The Bertz CT molecular complexity index is 434. The summed E-state index contributed by atoms with van der Waals surface area (Å²) in [5.74, 6) is 0. The van der Waals surface area contributed by atoms with E-state index in [1.807, 2.05) is 19.2 Å². The van der Waals surface area contributed by atoms with Gasteiger partial charge in [0.05, 0.1) is 11.0 Å². The van der Waals surface area contributed by atoms with E-state index in [4.69, 9.17) is 0 Å². The van der Waals surface area contributed by atoms with Gasteiger partial charge in [0, 0.05) is 18.4 Å². The summed E-state index contributed by atoms with van der Waals surface area (Å²) < 4.78 is 0. The van der Waals surface area contributed by atoms with Gasteiger partial charge >= 0.3 is 0 Å². The van der Waals surface area contributed by atoms with Gasteiger partial charge in [-0.1, -0.05) is 12.1 Å². The molecule has 0 fully saturated rings. The zero-order valence-electron chi connectivity index (χ0n) is 8.36. The van der Waals surface area contributed by atoms with Gasteiger partial charge in [0.25, 0.3) is 0 Å². The number of hydrogen-bond donors (Lipinski definition) is 1. The van der Waals surface area contributed by atoms with Crippen LogP contribution in [0.5, 0.6) is 0 Å². The molecule has 1 heterocycles. The molecule has 1 atom stereocenters. The van der Waals surface area contributed by atoms with Crippen LogP contribution in [0.25, 0.3) is 11.0 Å². The third-order valence-corrected chi connectivity index (χ3v) is 2.43. The molecule has 0 unspecified atom stereocenters. The molecule has 0 amide bonds. The summed E-state index contributed by atoms with van der Waals surface area (Å²) in [5, 5.41) is 3.21. The van der Waals surface area contributed by atoms with Crippen molar-refractivity contribution in [2.75, 3.05) is 7.05 Å². The molecule has 14 heavy (non-hydrogen) atoms. The molecule has 0 spiro atoms. The maximum absolute atomic E-state index is 4.35. The summed E-state index contributed by atoms with van der Waals surface area (Å²) in [4.78, 5) is 8.62. The first-order valence-corrected chi connectivity index (χ1v) is 4.70. The number of aromatic nitrogens is 2. The Morgan fingerprint density at radius 1 is 1.21 bits per heavy atom. The molecule has 1 N–H and O–H groups in total. The molecule has 72 valence electrons. The molecule has 1 aromatic heterocycles. The number of rotatable bonds is 2. The van der Waals surface area contributed by atoms with Crippen molar-refractivity contribution >= 4 is 11.0 Å². The molecule has 0 aliphatic carbocycles. The molecule has 3 nitrogen and oxygen atoms in total. The van der Waals surface area contributed by atoms with Crippen LogP contribution < -0.4 is 5.32 Å². The molecule has 1 aromatic carbocycles. The van der Waals surface area contributed by atoms with Crippen LogP contribution in [0.15, 0.2) is 30.6 Å². The summed E-state index contributed by atoms with van der Waals surface area (Å²) in [7, 11) is 1.94. The number of para-hydroxylation sites is 1. The summed E-state index contributed by atoms with van der Waals surface area (Å²) in [5.41, 5.74) is 3.13. The largest absolute Gasteiger partial charge is 0.313 e. The van der Waals surface area contributed by atoms with Crippen molar-refractivity contribution in [2.45, 2.75) is 13.0 Å². The molecule has 0 radical (unpaired) electrons. The maximum atomic E-state index is 4.35. The molecule has 0 aliphatic rings. The molecule has 2 aromatic rings. The van der Waals surface area contributed by atoms with Crippen molar-refractivity contribution in [1.82, 2.24) is 15.3 Å². The van der Waals surface area contributed by atoms with Crippen molar-refractivity contribution in [1.29, 1.82) is 0 Å². The number of hydrogen-bond acceptors (Lipinski definition) is 3. The fourth-order valence-electron chi connectivity index (χ4n) is 1.52. The lowest BCUT2D eigenvalue weighted by Gasteiger charge is -2.11. The van der Waals surface area contributed by atoms with E-state index >= 15 is 0 Å².